The number of aryl methyl sites for hydroxylation is 2. The van der Waals surface area contributed by atoms with E-state index in [0.717, 1.165) is 49.1 Å². The molecular formula is C23H25N5OS3. The predicted octanol–water partition coefficient (Wildman–Crippen LogP) is 5.61. The number of hydrogen-bond acceptors (Lipinski definition) is 7. The van der Waals surface area contributed by atoms with Crippen molar-refractivity contribution in [3.63, 3.8) is 0 Å². The zero-order valence-electron chi connectivity index (χ0n) is 18.2. The number of anilines is 1. The van der Waals surface area contributed by atoms with E-state index in [1.165, 1.54) is 27.1 Å². The van der Waals surface area contributed by atoms with Crippen molar-refractivity contribution in [1.82, 2.24) is 14.8 Å². The number of nitrogens with zero attached hydrogens (tertiary/aromatic N) is 4. The van der Waals surface area contributed by atoms with Crippen LogP contribution in [0.1, 0.15) is 46.2 Å². The number of thioether (sulfide) groups is 1. The van der Waals surface area contributed by atoms with Crippen molar-refractivity contribution >= 4 is 45.3 Å². The summed E-state index contributed by atoms with van der Waals surface area (Å²) in [6.45, 7) is 8.71. The number of nitrogens with one attached hydrogen (secondary N) is 1. The number of carbonyl (C=O) groups is 1. The number of carbonyl (C=O) groups excluding carboxylic acids is 1. The quantitative estimate of drug-likeness (QED) is 0.333. The summed E-state index contributed by atoms with van der Waals surface area (Å²) in [4.78, 5) is 15.2. The summed E-state index contributed by atoms with van der Waals surface area (Å²) >= 11 is 4.62. The number of hydrogen-bond donors (Lipinski definition) is 1. The third kappa shape index (κ3) is 4.40. The molecule has 0 saturated heterocycles. The van der Waals surface area contributed by atoms with Crippen LogP contribution >= 0.6 is 34.4 Å². The van der Waals surface area contributed by atoms with Gasteiger partial charge in [0.05, 0.1) is 11.3 Å². The first-order valence-electron chi connectivity index (χ1n) is 10.7. The Kier molecular flexibility index (Phi) is 7.13. The lowest BCUT2D eigenvalue weighted by Crippen LogP contribution is -2.14. The van der Waals surface area contributed by atoms with Gasteiger partial charge >= 0.3 is 0 Å². The molecule has 0 spiro atoms. The van der Waals surface area contributed by atoms with E-state index in [4.69, 9.17) is 0 Å². The molecule has 4 rings (SSSR count). The minimum absolute atomic E-state index is 0.138. The average molecular weight is 484 g/mol. The first-order valence-corrected chi connectivity index (χ1v) is 13.3. The van der Waals surface area contributed by atoms with Gasteiger partial charge in [-0.05, 0) is 50.2 Å². The maximum atomic E-state index is 12.7. The molecule has 1 aliphatic carbocycles. The molecule has 1 aliphatic rings. The molecule has 0 aliphatic heterocycles. The van der Waals surface area contributed by atoms with Gasteiger partial charge in [0.15, 0.2) is 11.0 Å². The fourth-order valence-electron chi connectivity index (χ4n) is 4.06. The minimum Gasteiger partial charge on any atom is -0.316 e. The fraction of sp³-hybridized carbons (Fsp3) is 0.391. The Bertz CT molecular complexity index is 1200. The van der Waals surface area contributed by atoms with Crippen molar-refractivity contribution in [1.29, 1.82) is 5.26 Å². The number of amides is 1. The van der Waals surface area contributed by atoms with Gasteiger partial charge in [0.1, 0.15) is 11.1 Å². The molecule has 6 nitrogen and oxygen atoms in total. The Morgan fingerprint density at radius 2 is 2.22 bits per heavy atom. The molecule has 1 N–H and O–H groups in total. The molecule has 166 valence electrons. The highest BCUT2D eigenvalue weighted by Gasteiger charge is 2.23. The topological polar surface area (TPSA) is 83.6 Å². The zero-order valence-corrected chi connectivity index (χ0v) is 20.7. The molecule has 0 saturated carbocycles. The number of allylic oxidation sites excluding steroid dienone is 1. The van der Waals surface area contributed by atoms with Gasteiger partial charge in [0, 0.05) is 27.2 Å². The number of thiophene rings is 2. The SMILES string of the molecule is C=CCn1c(SCC(=O)Nc2sc3c(c2C#N)CCCC3)nnc1-c1csc(C)c1CC. The van der Waals surface area contributed by atoms with Gasteiger partial charge in [-0.3, -0.25) is 9.36 Å². The lowest BCUT2D eigenvalue weighted by Gasteiger charge is -2.09. The van der Waals surface area contributed by atoms with Crippen LogP contribution in [0.5, 0.6) is 0 Å². The summed E-state index contributed by atoms with van der Waals surface area (Å²) in [5, 5.41) is 24.9. The van der Waals surface area contributed by atoms with Crippen LogP contribution < -0.4 is 5.32 Å². The number of nitriles is 1. The summed E-state index contributed by atoms with van der Waals surface area (Å²) < 4.78 is 2.01. The van der Waals surface area contributed by atoms with Gasteiger partial charge in [-0.2, -0.15) is 5.26 Å². The molecule has 3 aromatic rings. The Balaban J connectivity index is 1.50. The molecule has 0 bridgehead atoms. The van der Waals surface area contributed by atoms with Crippen LogP contribution in [0.4, 0.5) is 5.00 Å². The van der Waals surface area contributed by atoms with Crippen LogP contribution in [0.15, 0.2) is 23.2 Å². The normalized spacial score (nSPS) is 12.9. The second kappa shape index (κ2) is 10.0. The highest BCUT2D eigenvalue weighted by atomic mass is 32.2. The van der Waals surface area contributed by atoms with E-state index in [9.17, 15) is 10.1 Å². The van der Waals surface area contributed by atoms with Crippen LogP contribution in [-0.4, -0.2) is 26.4 Å². The molecule has 3 heterocycles. The van der Waals surface area contributed by atoms with Crippen LogP contribution in [-0.2, 0) is 30.6 Å². The Morgan fingerprint density at radius 3 is 2.97 bits per heavy atom. The van der Waals surface area contributed by atoms with Crippen LogP contribution in [0.2, 0.25) is 0 Å². The van der Waals surface area contributed by atoms with E-state index >= 15 is 0 Å². The number of aromatic nitrogens is 3. The lowest BCUT2D eigenvalue weighted by molar-refractivity contribution is -0.113. The van der Waals surface area contributed by atoms with Crippen molar-refractivity contribution in [3.8, 4) is 17.5 Å². The smallest absolute Gasteiger partial charge is 0.235 e. The van der Waals surface area contributed by atoms with E-state index in [-0.39, 0.29) is 11.7 Å². The maximum absolute atomic E-state index is 12.7. The molecular weight excluding hydrogens is 458 g/mol. The molecule has 1 amide bonds. The molecule has 0 fully saturated rings. The van der Waals surface area contributed by atoms with Crippen LogP contribution in [0.25, 0.3) is 11.4 Å². The first kappa shape index (κ1) is 22.8. The van der Waals surface area contributed by atoms with E-state index in [2.05, 4.69) is 47.4 Å². The second-order valence-corrected chi connectivity index (χ2v) is 10.7. The maximum Gasteiger partial charge on any atom is 0.235 e. The minimum atomic E-state index is -0.138. The third-order valence-corrected chi connectivity index (χ3v) is 8.72. The van der Waals surface area contributed by atoms with Crippen molar-refractivity contribution in [3.05, 3.63) is 44.5 Å². The van der Waals surface area contributed by atoms with Gasteiger partial charge in [-0.15, -0.1) is 39.4 Å². The Hall–Kier alpha value is -2.41. The molecule has 32 heavy (non-hydrogen) atoms. The fourth-order valence-corrected chi connectivity index (χ4v) is 7.00. The Morgan fingerprint density at radius 1 is 1.41 bits per heavy atom. The second-order valence-electron chi connectivity index (χ2n) is 7.61. The van der Waals surface area contributed by atoms with Crippen molar-refractivity contribution in [2.45, 2.75) is 57.7 Å². The molecule has 0 radical (unpaired) electrons. The highest BCUT2D eigenvalue weighted by Crippen LogP contribution is 2.38. The molecule has 0 aromatic carbocycles. The predicted molar refractivity (Wildman–Crippen MR) is 133 cm³/mol. The van der Waals surface area contributed by atoms with E-state index in [1.54, 1.807) is 22.7 Å². The summed E-state index contributed by atoms with van der Waals surface area (Å²) in [6, 6.07) is 2.30. The van der Waals surface area contributed by atoms with Crippen molar-refractivity contribution < 1.29 is 4.79 Å². The monoisotopic (exact) mass is 483 g/mol. The summed E-state index contributed by atoms with van der Waals surface area (Å²) in [7, 11) is 0. The summed E-state index contributed by atoms with van der Waals surface area (Å²) in [5.74, 6) is 0.874. The zero-order chi connectivity index (χ0) is 22.7. The molecule has 3 aromatic heterocycles. The highest BCUT2D eigenvalue weighted by molar-refractivity contribution is 7.99. The van der Waals surface area contributed by atoms with Crippen LogP contribution in [0, 0.1) is 18.3 Å². The van der Waals surface area contributed by atoms with Gasteiger partial charge in [-0.25, -0.2) is 0 Å². The van der Waals surface area contributed by atoms with Gasteiger partial charge < -0.3 is 5.32 Å². The van der Waals surface area contributed by atoms with Crippen LogP contribution in [0.3, 0.4) is 0 Å². The first-order chi connectivity index (χ1) is 15.6. The van der Waals surface area contributed by atoms with Gasteiger partial charge in [0.2, 0.25) is 5.91 Å². The molecule has 0 unspecified atom stereocenters. The number of rotatable bonds is 8. The van der Waals surface area contributed by atoms with Gasteiger partial charge in [0.25, 0.3) is 0 Å². The molecule has 0 atom stereocenters. The van der Waals surface area contributed by atoms with Crippen molar-refractivity contribution in [2.75, 3.05) is 11.1 Å². The largest absolute Gasteiger partial charge is 0.316 e. The van der Waals surface area contributed by atoms with Gasteiger partial charge in [-0.1, -0.05) is 24.8 Å². The average Bonchev–Trinajstić information content (AvgIpc) is 3.46. The Labute approximate surface area is 200 Å². The third-order valence-electron chi connectivity index (χ3n) is 5.60. The summed E-state index contributed by atoms with van der Waals surface area (Å²) in [6.07, 6.45) is 6.92. The lowest BCUT2D eigenvalue weighted by atomic mass is 9.96. The van der Waals surface area contributed by atoms with E-state index in [0.29, 0.717) is 22.3 Å². The van der Waals surface area contributed by atoms with E-state index in [1.807, 2.05) is 10.6 Å². The standard InChI is InChI=1S/C23H25N5OS3/c1-4-10-28-21(18-12-30-14(3)15(18)5-2)26-27-23(28)31-13-20(29)25-22-17(11-24)16-8-6-7-9-19(16)32-22/h4,12H,1,5-10,13H2,2-3H3,(H,25,29). The number of fused-ring (bicyclic) bond motifs is 1. The molecule has 9 heteroatoms. The summed E-state index contributed by atoms with van der Waals surface area (Å²) in [5.41, 5.74) is 4.15. The van der Waals surface area contributed by atoms with E-state index < -0.39 is 0 Å². The van der Waals surface area contributed by atoms with Crippen molar-refractivity contribution in [2.24, 2.45) is 0 Å².